The molecule has 3 heteroatoms. The fraction of sp³-hybridized carbons (Fsp3) is 0.0750. The van der Waals surface area contributed by atoms with Gasteiger partial charge in [-0.1, -0.05) is 147 Å². The lowest BCUT2D eigenvalue weighted by Crippen LogP contribution is -2.15. The van der Waals surface area contributed by atoms with Gasteiger partial charge in [0.25, 0.3) is 0 Å². The first-order chi connectivity index (χ1) is 21.1. The molecule has 8 rings (SSSR count). The van der Waals surface area contributed by atoms with Gasteiger partial charge in [-0.3, -0.25) is 0 Å². The Morgan fingerprint density at radius 1 is 0.419 bits per heavy atom. The molecule has 0 atom stereocenters. The summed E-state index contributed by atoms with van der Waals surface area (Å²) in [5.41, 5.74) is 10.4. The molecular formula is C40H29N3. The van der Waals surface area contributed by atoms with E-state index in [1.165, 1.54) is 38.6 Å². The summed E-state index contributed by atoms with van der Waals surface area (Å²) in [6.45, 7) is 4.68. The highest BCUT2D eigenvalue weighted by Crippen LogP contribution is 2.55. The summed E-state index contributed by atoms with van der Waals surface area (Å²) >= 11 is 0. The van der Waals surface area contributed by atoms with Crippen molar-refractivity contribution >= 4 is 10.8 Å². The van der Waals surface area contributed by atoms with Gasteiger partial charge >= 0.3 is 0 Å². The van der Waals surface area contributed by atoms with Gasteiger partial charge in [0.2, 0.25) is 0 Å². The molecule has 43 heavy (non-hydrogen) atoms. The van der Waals surface area contributed by atoms with Crippen molar-refractivity contribution in [3.63, 3.8) is 0 Å². The lowest BCUT2D eigenvalue weighted by atomic mass is 9.80. The van der Waals surface area contributed by atoms with E-state index in [2.05, 4.69) is 117 Å². The van der Waals surface area contributed by atoms with Crippen molar-refractivity contribution in [2.45, 2.75) is 19.3 Å². The van der Waals surface area contributed by atoms with Gasteiger partial charge in [-0.25, -0.2) is 15.0 Å². The number of aromatic nitrogens is 3. The van der Waals surface area contributed by atoms with Gasteiger partial charge in [0.1, 0.15) is 0 Å². The molecule has 0 spiro atoms. The van der Waals surface area contributed by atoms with Gasteiger partial charge < -0.3 is 0 Å². The van der Waals surface area contributed by atoms with Crippen LogP contribution in [0, 0.1) is 0 Å². The van der Waals surface area contributed by atoms with Crippen molar-refractivity contribution in [1.82, 2.24) is 15.0 Å². The number of rotatable bonds is 4. The third-order valence-electron chi connectivity index (χ3n) is 8.73. The molecular weight excluding hydrogens is 522 g/mol. The molecule has 6 aromatic carbocycles. The Labute approximate surface area is 251 Å². The SMILES string of the molecule is CC1(C)c2ccccc2-c2c1cc1ccccc1c2-c1ccccc1-c1nc(-c2ccccc2)nc(-c2ccccc2)n1. The van der Waals surface area contributed by atoms with E-state index in [0.29, 0.717) is 17.5 Å². The molecule has 0 saturated carbocycles. The van der Waals surface area contributed by atoms with Crippen LogP contribution in [0.25, 0.3) is 67.2 Å². The molecule has 1 aliphatic rings. The molecule has 3 nitrogen and oxygen atoms in total. The second-order valence-electron chi connectivity index (χ2n) is 11.6. The maximum absolute atomic E-state index is 5.11. The summed E-state index contributed by atoms with van der Waals surface area (Å²) in [4.78, 5) is 15.2. The Kier molecular flexibility index (Phi) is 5.80. The first-order valence-corrected chi connectivity index (χ1v) is 14.7. The number of fused-ring (bicyclic) bond motifs is 4. The van der Waals surface area contributed by atoms with Crippen molar-refractivity contribution in [2.24, 2.45) is 0 Å². The van der Waals surface area contributed by atoms with Crippen molar-refractivity contribution in [3.8, 4) is 56.4 Å². The van der Waals surface area contributed by atoms with E-state index in [4.69, 9.17) is 15.0 Å². The molecule has 1 aromatic heterocycles. The lowest BCUT2D eigenvalue weighted by molar-refractivity contribution is 0.661. The number of nitrogens with zero attached hydrogens (tertiary/aromatic N) is 3. The van der Waals surface area contributed by atoms with Crippen LogP contribution in [0.4, 0.5) is 0 Å². The number of benzene rings is 6. The monoisotopic (exact) mass is 551 g/mol. The molecule has 1 aliphatic carbocycles. The van der Waals surface area contributed by atoms with Gasteiger partial charge in [0.05, 0.1) is 0 Å². The normalized spacial score (nSPS) is 13.1. The Morgan fingerprint density at radius 2 is 0.930 bits per heavy atom. The van der Waals surface area contributed by atoms with Crippen LogP contribution >= 0.6 is 0 Å². The Balaban J connectivity index is 1.45. The fourth-order valence-electron chi connectivity index (χ4n) is 6.62. The van der Waals surface area contributed by atoms with Crippen LogP contribution in [0.5, 0.6) is 0 Å². The second kappa shape index (κ2) is 9.85. The maximum atomic E-state index is 5.11. The highest BCUT2D eigenvalue weighted by atomic mass is 15.0. The molecule has 7 aromatic rings. The van der Waals surface area contributed by atoms with Gasteiger partial charge in [-0.05, 0) is 50.2 Å². The standard InChI is InChI=1S/C40H29N3/c1-40(2)33-24-14-13-23-32(33)36-34(40)25-28-19-9-10-20-29(28)35(36)30-21-11-12-22-31(30)39-42-37(26-15-5-3-6-16-26)41-38(43-39)27-17-7-4-8-18-27/h3-25H,1-2H3. The fourth-order valence-corrected chi connectivity index (χ4v) is 6.62. The third-order valence-corrected chi connectivity index (χ3v) is 8.73. The van der Waals surface area contributed by atoms with Crippen molar-refractivity contribution in [2.75, 3.05) is 0 Å². The maximum Gasteiger partial charge on any atom is 0.164 e. The molecule has 0 amide bonds. The summed E-state index contributed by atoms with van der Waals surface area (Å²) in [5, 5.41) is 2.46. The third kappa shape index (κ3) is 4.08. The van der Waals surface area contributed by atoms with E-state index in [9.17, 15) is 0 Å². The Morgan fingerprint density at radius 3 is 1.60 bits per heavy atom. The first-order valence-electron chi connectivity index (χ1n) is 14.7. The number of hydrogen-bond acceptors (Lipinski definition) is 3. The average molecular weight is 552 g/mol. The molecule has 204 valence electrons. The molecule has 0 aliphatic heterocycles. The van der Waals surface area contributed by atoms with E-state index in [-0.39, 0.29) is 5.41 Å². The van der Waals surface area contributed by atoms with Crippen LogP contribution in [0.3, 0.4) is 0 Å². The van der Waals surface area contributed by atoms with E-state index in [1.807, 2.05) is 36.4 Å². The van der Waals surface area contributed by atoms with Crippen LogP contribution < -0.4 is 0 Å². The van der Waals surface area contributed by atoms with Gasteiger partial charge in [-0.15, -0.1) is 0 Å². The zero-order chi connectivity index (χ0) is 29.0. The largest absolute Gasteiger partial charge is 0.208 e. The van der Waals surface area contributed by atoms with Crippen LogP contribution in [-0.4, -0.2) is 15.0 Å². The molecule has 1 heterocycles. The minimum absolute atomic E-state index is 0.117. The average Bonchev–Trinajstić information content (AvgIpc) is 3.30. The van der Waals surface area contributed by atoms with Crippen molar-refractivity contribution in [1.29, 1.82) is 0 Å². The summed E-state index contributed by atoms with van der Waals surface area (Å²) < 4.78 is 0. The highest BCUT2D eigenvalue weighted by Gasteiger charge is 2.38. The van der Waals surface area contributed by atoms with E-state index >= 15 is 0 Å². The highest BCUT2D eigenvalue weighted by molar-refractivity contribution is 6.10. The predicted octanol–water partition coefficient (Wildman–Crippen LogP) is 10.00. The second-order valence-corrected chi connectivity index (χ2v) is 11.6. The van der Waals surface area contributed by atoms with E-state index in [1.54, 1.807) is 0 Å². The summed E-state index contributed by atoms with van der Waals surface area (Å²) in [6.07, 6.45) is 0. The zero-order valence-corrected chi connectivity index (χ0v) is 24.1. The van der Waals surface area contributed by atoms with Crippen molar-refractivity contribution in [3.05, 3.63) is 151 Å². The van der Waals surface area contributed by atoms with E-state index in [0.717, 1.165) is 22.3 Å². The minimum atomic E-state index is -0.117. The molecule has 0 unspecified atom stereocenters. The van der Waals surface area contributed by atoms with Gasteiger partial charge in [-0.2, -0.15) is 0 Å². The van der Waals surface area contributed by atoms with E-state index < -0.39 is 0 Å². The van der Waals surface area contributed by atoms with Crippen LogP contribution in [0.15, 0.2) is 140 Å². The lowest BCUT2D eigenvalue weighted by Gasteiger charge is -2.23. The smallest absolute Gasteiger partial charge is 0.164 e. The van der Waals surface area contributed by atoms with Crippen LogP contribution in [0.2, 0.25) is 0 Å². The van der Waals surface area contributed by atoms with Crippen LogP contribution in [0.1, 0.15) is 25.0 Å². The molecule has 0 radical (unpaired) electrons. The topological polar surface area (TPSA) is 38.7 Å². The predicted molar refractivity (Wildman–Crippen MR) is 177 cm³/mol. The Hall–Kier alpha value is -5.41. The van der Waals surface area contributed by atoms with Crippen LogP contribution in [-0.2, 0) is 5.41 Å². The van der Waals surface area contributed by atoms with Crippen molar-refractivity contribution < 1.29 is 0 Å². The minimum Gasteiger partial charge on any atom is -0.208 e. The number of hydrogen-bond donors (Lipinski definition) is 0. The molecule has 0 bridgehead atoms. The Bertz CT molecular complexity index is 2090. The first kappa shape index (κ1) is 25.3. The van der Waals surface area contributed by atoms with Gasteiger partial charge in [0.15, 0.2) is 17.5 Å². The molecule has 0 N–H and O–H groups in total. The molecule has 0 fully saturated rings. The summed E-state index contributed by atoms with van der Waals surface area (Å²) in [7, 11) is 0. The molecule has 0 saturated heterocycles. The van der Waals surface area contributed by atoms with Gasteiger partial charge in [0, 0.05) is 22.1 Å². The quantitative estimate of drug-likeness (QED) is 0.218. The zero-order valence-electron chi connectivity index (χ0n) is 24.1. The summed E-state index contributed by atoms with van der Waals surface area (Å²) in [6, 6.07) is 48.9. The summed E-state index contributed by atoms with van der Waals surface area (Å²) in [5.74, 6) is 1.98.